The van der Waals surface area contributed by atoms with Crippen LogP contribution in [0.5, 0.6) is 0 Å². The highest BCUT2D eigenvalue weighted by atomic mass is 35.5. The van der Waals surface area contributed by atoms with E-state index in [1.165, 1.54) is 5.56 Å². The Labute approximate surface area is 117 Å². The van der Waals surface area contributed by atoms with E-state index in [1.54, 1.807) is 6.07 Å². The first-order valence-corrected chi connectivity index (χ1v) is 6.77. The molecule has 0 spiro atoms. The van der Waals surface area contributed by atoms with Gasteiger partial charge in [0.25, 0.3) is 0 Å². The van der Waals surface area contributed by atoms with Gasteiger partial charge < -0.3 is 5.32 Å². The molecular weight excluding hydrogens is 267 g/mol. The molecule has 1 aromatic carbocycles. The predicted molar refractivity (Wildman–Crippen MR) is 78.7 cm³/mol. The van der Waals surface area contributed by atoms with Crippen LogP contribution in [0.3, 0.4) is 0 Å². The summed E-state index contributed by atoms with van der Waals surface area (Å²) in [6.45, 7) is 3.04. The first-order valence-electron chi connectivity index (χ1n) is 6.01. The number of hydrogen-bond donors (Lipinski definition) is 1. The van der Waals surface area contributed by atoms with Crippen LogP contribution in [-0.2, 0) is 6.42 Å². The van der Waals surface area contributed by atoms with Crippen LogP contribution in [0, 0.1) is 6.92 Å². The van der Waals surface area contributed by atoms with Crippen LogP contribution >= 0.6 is 23.2 Å². The number of benzene rings is 1. The van der Waals surface area contributed by atoms with Gasteiger partial charge in [0.15, 0.2) is 0 Å². The Kier molecular flexibility index (Phi) is 4.44. The third-order valence-corrected chi connectivity index (χ3v) is 3.55. The minimum Gasteiger partial charge on any atom is -0.320 e. The lowest BCUT2D eigenvalue weighted by atomic mass is 10.1. The number of nitrogens with zero attached hydrogens (tertiary/aromatic N) is 1. The largest absolute Gasteiger partial charge is 0.320 e. The van der Waals surface area contributed by atoms with Crippen LogP contribution in [0.4, 0.5) is 0 Å². The zero-order valence-electron chi connectivity index (χ0n) is 10.6. The van der Waals surface area contributed by atoms with E-state index in [0.717, 1.165) is 36.0 Å². The van der Waals surface area contributed by atoms with Crippen LogP contribution in [0.25, 0.3) is 10.9 Å². The maximum absolute atomic E-state index is 6.21. The summed E-state index contributed by atoms with van der Waals surface area (Å²) in [5.41, 5.74) is 3.17. The van der Waals surface area contributed by atoms with Crippen LogP contribution < -0.4 is 5.32 Å². The number of aromatic nitrogens is 1. The predicted octanol–water partition coefficient (Wildman–Crippen LogP) is 4.00. The lowest BCUT2D eigenvalue weighted by Gasteiger charge is -2.09. The first kappa shape index (κ1) is 13.6. The zero-order chi connectivity index (χ0) is 13.1. The van der Waals surface area contributed by atoms with Gasteiger partial charge in [0.2, 0.25) is 0 Å². The highest BCUT2D eigenvalue weighted by Gasteiger charge is 2.07. The topological polar surface area (TPSA) is 24.9 Å². The van der Waals surface area contributed by atoms with Crippen molar-refractivity contribution in [2.24, 2.45) is 0 Å². The van der Waals surface area contributed by atoms with Crippen LogP contribution in [0.1, 0.15) is 17.7 Å². The van der Waals surface area contributed by atoms with Gasteiger partial charge >= 0.3 is 0 Å². The van der Waals surface area contributed by atoms with Crippen molar-refractivity contribution in [2.45, 2.75) is 19.8 Å². The fourth-order valence-electron chi connectivity index (χ4n) is 2.05. The molecule has 0 amide bonds. The van der Waals surface area contributed by atoms with Crippen molar-refractivity contribution in [3.8, 4) is 0 Å². The average molecular weight is 283 g/mol. The van der Waals surface area contributed by atoms with Gasteiger partial charge in [0, 0.05) is 16.1 Å². The average Bonchev–Trinajstić information content (AvgIpc) is 2.30. The molecule has 0 bridgehead atoms. The molecule has 0 radical (unpaired) electrons. The van der Waals surface area contributed by atoms with Gasteiger partial charge in [-0.3, -0.25) is 4.98 Å². The Hall–Kier alpha value is -0.830. The molecule has 4 heteroatoms. The zero-order valence-corrected chi connectivity index (χ0v) is 12.1. The Balaban J connectivity index is 2.41. The summed E-state index contributed by atoms with van der Waals surface area (Å²) in [6, 6.07) is 5.75. The van der Waals surface area contributed by atoms with E-state index in [9.17, 15) is 0 Å². The second-order valence-corrected chi connectivity index (χ2v) is 5.24. The van der Waals surface area contributed by atoms with E-state index in [-0.39, 0.29) is 0 Å². The highest BCUT2D eigenvalue weighted by molar-refractivity contribution is 6.38. The molecular formula is C14H16Cl2N2. The molecule has 1 N–H and O–H groups in total. The third kappa shape index (κ3) is 2.94. The van der Waals surface area contributed by atoms with Crippen molar-refractivity contribution in [2.75, 3.05) is 13.6 Å². The maximum atomic E-state index is 6.21. The number of halogens is 2. The number of nitrogens with one attached hydrogen (secondary N) is 1. The summed E-state index contributed by atoms with van der Waals surface area (Å²) in [7, 11) is 1.96. The monoisotopic (exact) mass is 282 g/mol. The highest BCUT2D eigenvalue weighted by Crippen LogP contribution is 2.28. The van der Waals surface area contributed by atoms with Gasteiger partial charge in [0.05, 0.1) is 10.5 Å². The van der Waals surface area contributed by atoms with E-state index >= 15 is 0 Å². The van der Waals surface area contributed by atoms with Crippen molar-refractivity contribution >= 4 is 34.1 Å². The van der Waals surface area contributed by atoms with Crippen molar-refractivity contribution in [3.63, 3.8) is 0 Å². The van der Waals surface area contributed by atoms with E-state index in [1.807, 2.05) is 20.0 Å². The number of hydrogen-bond acceptors (Lipinski definition) is 2. The maximum Gasteiger partial charge on any atom is 0.0735 e. The molecule has 1 aromatic heterocycles. The molecule has 2 aromatic rings. The Morgan fingerprint density at radius 2 is 2.00 bits per heavy atom. The second kappa shape index (κ2) is 5.87. The quantitative estimate of drug-likeness (QED) is 0.858. The molecule has 0 atom stereocenters. The molecule has 0 saturated carbocycles. The number of pyridine rings is 1. The third-order valence-electron chi connectivity index (χ3n) is 3.02. The minimum absolute atomic E-state index is 0.627. The van der Waals surface area contributed by atoms with Crippen LogP contribution in [0.15, 0.2) is 18.2 Å². The summed E-state index contributed by atoms with van der Waals surface area (Å²) in [6.07, 6.45) is 2.10. The van der Waals surface area contributed by atoms with Gasteiger partial charge in [-0.2, -0.15) is 0 Å². The normalized spacial score (nSPS) is 11.1. The first-order chi connectivity index (χ1) is 8.61. The molecule has 0 aliphatic carbocycles. The van der Waals surface area contributed by atoms with Gasteiger partial charge in [0.1, 0.15) is 0 Å². The summed E-state index contributed by atoms with van der Waals surface area (Å²) < 4.78 is 0. The smallest absolute Gasteiger partial charge is 0.0735 e. The van der Waals surface area contributed by atoms with E-state index in [4.69, 9.17) is 23.2 Å². The second-order valence-electron chi connectivity index (χ2n) is 4.39. The lowest BCUT2D eigenvalue weighted by Crippen LogP contribution is -2.09. The van der Waals surface area contributed by atoms with Gasteiger partial charge in [-0.1, -0.05) is 23.2 Å². The molecule has 0 aliphatic rings. The fourth-order valence-corrected chi connectivity index (χ4v) is 2.58. The van der Waals surface area contributed by atoms with Gasteiger partial charge in [-0.15, -0.1) is 0 Å². The van der Waals surface area contributed by atoms with E-state index in [0.29, 0.717) is 10.0 Å². The minimum atomic E-state index is 0.627. The Bertz CT molecular complexity index is 567. The van der Waals surface area contributed by atoms with Gasteiger partial charge in [-0.25, -0.2) is 0 Å². The van der Waals surface area contributed by atoms with Crippen LogP contribution in [-0.4, -0.2) is 18.6 Å². The van der Waals surface area contributed by atoms with Crippen molar-refractivity contribution in [1.82, 2.24) is 10.3 Å². The molecule has 0 unspecified atom stereocenters. The van der Waals surface area contributed by atoms with Crippen LogP contribution in [0.2, 0.25) is 10.0 Å². The Morgan fingerprint density at radius 1 is 1.22 bits per heavy atom. The molecule has 2 nitrogen and oxygen atoms in total. The molecule has 18 heavy (non-hydrogen) atoms. The van der Waals surface area contributed by atoms with Gasteiger partial charge in [-0.05, 0) is 57.1 Å². The van der Waals surface area contributed by atoms with Crippen molar-refractivity contribution in [1.29, 1.82) is 0 Å². The molecule has 0 saturated heterocycles. The molecule has 1 heterocycles. The van der Waals surface area contributed by atoms with Crippen molar-refractivity contribution in [3.05, 3.63) is 39.5 Å². The summed E-state index contributed by atoms with van der Waals surface area (Å²) in [4.78, 5) is 4.59. The molecule has 96 valence electrons. The summed E-state index contributed by atoms with van der Waals surface area (Å²) >= 11 is 12.2. The standard InChI is InChI=1S/C14H16Cl2N2/c1-9-10(4-3-5-17-2)6-12-13(16)7-11(15)8-14(12)18-9/h6-8,17H,3-5H2,1-2H3. The molecule has 2 rings (SSSR count). The van der Waals surface area contributed by atoms with Crippen molar-refractivity contribution < 1.29 is 0 Å². The van der Waals surface area contributed by atoms with E-state index in [2.05, 4.69) is 16.4 Å². The molecule has 0 aliphatic heterocycles. The molecule has 0 fully saturated rings. The van der Waals surface area contributed by atoms with E-state index < -0.39 is 0 Å². The Morgan fingerprint density at radius 3 is 2.72 bits per heavy atom. The summed E-state index contributed by atoms with van der Waals surface area (Å²) in [5.74, 6) is 0. The number of rotatable bonds is 4. The SMILES string of the molecule is CNCCCc1cc2c(Cl)cc(Cl)cc2nc1C. The number of aryl methyl sites for hydroxylation is 2. The summed E-state index contributed by atoms with van der Waals surface area (Å²) in [5, 5.41) is 5.42. The lowest BCUT2D eigenvalue weighted by molar-refractivity contribution is 0.721. The fraction of sp³-hybridized carbons (Fsp3) is 0.357. The number of fused-ring (bicyclic) bond motifs is 1.